The summed E-state index contributed by atoms with van der Waals surface area (Å²) in [5, 5.41) is 10.8. The highest BCUT2D eigenvalue weighted by atomic mass is 32.1. The Bertz CT molecular complexity index is 629. The SMILES string of the molecule is CN(C(=O)c1csc(N)n1)c1cccc(C#N)c1. The summed E-state index contributed by atoms with van der Waals surface area (Å²) in [4.78, 5) is 17.5. The zero-order valence-electron chi connectivity index (χ0n) is 9.62. The van der Waals surface area contributed by atoms with Crippen LogP contribution in [0.3, 0.4) is 0 Å². The summed E-state index contributed by atoms with van der Waals surface area (Å²) in [5.41, 5.74) is 6.95. The molecular formula is C12H10N4OS. The molecule has 1 amide bonds. The van der Waals surface area contributed by atoms with Crippen LogP contribution in [-0.4, -0.2) is 17.9 Å². The smallest absolute Gasteiger partial charge is 0.277 e. The number of benzene rings is 1. The number of amides is 1. The van der Waals surface area contributed by atoms with Gasteiger partial charge in [0.2, 0.25) is 0 Å². The summed E-state index contributed by atoms with van der Waals surface area (Å²) in [7, 11) is 1.63. The third-order valence-corrected chi connectivity index (χ3v) is 3.08. The fraction of sp³-hybridized carbons (Fsp3) is 0.0833. The Labute approximate surface area is 108 Å². The average Bonchev–Trinajstić information content (AvgIpc) is 2.83. The average molecular weight is 258 g/mol. The summed E-state index contributed by atoms with van der Waals surface area (Å²) in [6.45, 7) is 0. The maximum atomic E-state index is 12.1. The second kappa shape index (κ2) is 4.85. The van der Waals surface area contributed by atoms with Crippen molar-refractivity contribution < 1.29 is 4.79 Å². The molecule has 1 heterocycles. The van der Waals surface area contributed by atoms with E-state index in [1.54, 1.807) is 36.7 Å². The first-order valence-electron chi connectivity index (χ1n) is 5.11. The first-order chi connectivity index (χ1) is 8.61. The molecule has 2 N–H and O–H groups in total. The molecule has 0 aliphatic rings. The Balaban J connectivity index is 2.28. The molecule has 2 rings (SSSR count). The molecule has 0 aliphatic carbocycles. The number of anilines is 2. The predicted octanol–water partition coefficient (Wildman–Crippen LogP) is 1.87. The van der Waals surface area contributed by atoms with Gasteiger partial charge in [-0.05, 0) is 18.2 Å². The van der Waals surface area contributed by atoms with E-state index in [0.717, 1.165) is 0 Å². The van der Waals surface area contributed by atoms with Crippen molar-refractivity contribution in [2.75, 3.05) is 17.7 Å². The maximum absolute atomic E-state index is 12.1. The predicted molar refractivity (Wildman–Crippen MR) is 70.4 cm³/mol. The van der Waals surface area contributed by atoms with E-state index in [1.807, 2.05) is 6.07 Å². The lowest BCUT2D eigenvalue weighted by atomic mass is 10.2. The molecular weight excluding hydrogens is 248 g/mol. The molecule has 5 nitrogen and oxygen atoms in total. The summed E-state index contributed by atoms with van der Waals surface area (Å²) < 4.78 is 0. The number of thiazole rings is 1. The van der Waals surface area contributed by atoms with Crippen LogP contribution >= 0.6 is 11.3 Å². The molecule has 0 bridgehead atoms. The lowest BCUT2D eigenvalue weighted by Gasteiger charge is -2.16. The van der Waals surface area contributed by atoms with Gasteiger partial charge in [-0.2, -0.15) is 5.26 Å². The summed E-state index contributed by atoms with van der Waals surface area (Å²) in [6.07, 6.45) is 0. The molecule has 1 aromatic heterocycles. The fourth-order valence-electron chi connectivity index (χ4n) is 1.46. The fourth-order valence-corrected chi connectivity index (χ4v) is 2.00. The van der Waals surface area contributed by atoms with Gasteiger partial charge in [-0.25, -0.2) is 4.98 Å². The largest absolute Gasteiger partial charge is 0.375 e. The van der Waals surface area contributed by atoms with Crippen LogP contribution in [0.5, 0.6) is 0 Å². The summed E-state index contributed by atoms with van der Waals surface area (Å²) in [6, 6.07) is 8.85. The third-order valence-electron chi connectivity index (χ3n) is 2.41. The standard InChI is InChI=1S/C12H10N4OS/c1-16(9-4-2-3-8(5-9)6-13)11(17)10-7-18-12(14)15-10/h2-5,7H,1H3,(H2,14,15). The van der Waals surface area contributed by atoms with Crippen molar-refractivity contribution in [1.82, 2.24) is 4.98 Å². The molecule has 0 aliphatic heterocycles. The molecule has 18 heavy (non-hydrogen) atoms. The molecule has 0 unspecified atom stereocenters. The molecule has 0 radical (unpaired) electrons. The lowest BCUT2D eigenvalue weighted by Crippen LogP contribution is -2.26. The van der Waals surface area contributed by atoms with Crippen molar-refractivity contribution in [3.05, 3.63) is 40.9 Å². The number of nitrogens with two attached hydrogens (primary N) is 1. The molecule has 0 fully saturated rings. The topological polar surface area (TPSA) is 83.0 Å². The molecule has 6 heteroatoms. The molecule has 2 aromatic rings. The second-order valence-electron chi connectivity index (χ2n) is 3.60. The molecule has 0 saturated carbocycles. The highest BCUT2D eigenvalue weighted by Gasteiger charge is 2.16. The van der Waals surface area contributed by atoms with E-state index in [1.165, 1.54) is 16.2 Å². The van der Waals surface area contributed by atoms with Gasteiger partial charge in [0.1, 0.15) is 5.69 Å². The van der Waals surface area contributed by atoms with Gasteiger partial charge in [-0.1, -0.05) is 6.07 Å². The second-order valence-corrected chi connectivity index (χ2v) is 4.49. The van der Waals surface area contributed by atoms with Crippen molar-refractivity contribution in [2.45, 2.75) is 0 Å². The molecule has 90 valence electrons. The normalized spacial score (nSPS) is 9.78. The number of rotatable bonds is 2. The van der Waals surface area contributed by atoms with Gasteiger partial charge in [0, 0.05) is 18.1 Å². The molecule has 0 spiro atoms. The van der Waals surface area contributed by atoms with Crippen LogP contribution < -0.4 is 10.6 Å². The Morgan fingerprint density at radius 3 is 2.94 bits per heavy atom. The van der Waals surface area contributed by atoms with E-state index in [4.69, 9.17) is 11.0 Å². The van der Waals surface area contributed by atoms with Crippen molar-refractivity contribution in [3.63, 3.8) is 0 Å². The van der Waals surface area contributed by atoms with E-state index in [0.29, 0.717) is 22.1 Å². The van der Waals surface area contributed by atoms with Crippen LogP contribution in [0.25, 0.3) is 0 Å². The number of hydrogen-bond donors (Lipinski definition) is 1. The minimum Gasteiger partial charge on any atom is -0.375 e. The number of nitrogens with zero attached hydrogens (tertiary/aromatic N) is 3. The van der Waals surface area contributed by atoms with Gasteiger partial charge in [0.25, 0.3) is 5.91 Å². The van der Waals surface area contributed by atoms with Crippen molar-refractivity contribution >= 4 is 28.1 Å². The molecule has 1 aromatic carbocycles. The summed E-state index contributed by atoms with van der Waals surface area (Å²) in [5.74, 6) is -0.252. The van der Waals surface area contributed by atoms with Gasteiger partial charge in [0.15, 0.2) is 5.13 Å². The summed E-state index contributed by atoms with van der Waals surface area (Å²) >= 11 is 1.22. The van der Waals surface area contributed by atoms with Crippen LogP contribution in [0.2, 0.25) is 0 Å². The first kappa shape index (κ1) is 12.1. The maximum Gasteiger partial charge on any atom is 0.277 e. The number of hydrogen-bond acceptors (Lipinski definition) is 5. The van der Waals surface area contributed by atoms with Crippen LogP contribution in [0.4, 0.5) is 10.8 Å². The van der Waals surface area contributed by atoms with Gasteiger partial charge in [-0.15, -0.1) is 11.3 Å². The zero-order valence-corrected chi connectivity index (χ0v) is 10.4. The van der Waals surface area contributed by atoms with Crippen molar-refractivity contribution in [2.24, 2.45) is 0 Å². The lowest BCUT2D eigenvalue weighted by molar-refractivity contribution is 0.0989. The first-order valence-corrected chi connectivity index (χ1v) is 5.99. The highest BCUT2D eigenvalue weighted by Crippen LogP contribution is 2.18. The van der Waals surface area contributed by atoms with Gasteiger partial charge >= 0.3 is 0 Å². The van der Waals surface area contributed by atoms with Gasteiger partial charge in [-0.3, -0.25) is 4.79 Å². The van der Waals surface area contributed by atoms with Gasteiger partial charge < -0.3 is 10.6 Å². The number of nitriles is 1. The van der Waals surface area contributed by atoms with Gasteiger partial charge in [0.05, 0.1) is 11.6 Å². The minimum absolute atomic E-state index is 0.252. The number of carbonyl (C=O) groups is 1. The van der Waals surface area contributed by atoms with Crippen LogP contribution in [-0.2, 0) is 0 Å². The Hall–Kier alpha value is -2.39. The minimum atomic E-state index is -0.252. The molecule has 0 saturated heterocycles. The Morgan fingerprint density at radius 2 is 2.33 bits per heavy atom. The Kier molecular flexibility index (Phi) is 3.26. The Morgan fingerprint density at radius 1 is 1.56 bits per heavy atom. The van der Waals surface area contributed by atoms with Crippen LogP contribution in [0.1, 0.15) is 16.1 Å². The number of nitrogen functional groups attached to an aromatic ring is 1. The zero-order chi connectivity index (χ0) is 13.1. The van der Waals surface area contributed by atoms with Crippen molar-refractivity contribution in [3.8, 4) is 6.07 Å². The van der Waals surface area contributed by atoms with Crippen LogP contribution in [0, 0.1) is 11.3 Å². The van der Waals surface area contributed by atoms with E-state index in [9.17, 15) is 4.79 Å². The van der Waals surface area contributed by atoms with E-state index in [2.05, 4.69) is 4.98 Å². The number of carbonyl (C=O) groups excluding carboxylic acids is 1. The van der Waals surface area contributed by atoms with Crippen molar-refractivity contribution in [1.29, 1.82) is 5.26 Å². The monoisotopic (exact) mass is 258 g/mol. The molecule has 0 atom stereocenters. The van der Waals surface area contributed by atoms with Crippen LogP contribution in [0.15, 0.2) is 29.6 Å². The third kappa shape index (κ3) is 2.31. The van der Waals surface area contributed by atoms with E-state index in [-0.39, 0.29) is 5.91 Å². The highest BCUT2D eigenvalue weighted by molar-refractivity contribution is 7.13. The van der Waals surface area contributed by atoms with E-state index < -0.39 is 0 Å². The van der Waals surface area contributed by atoms with E-state index >= 15 is 0 Å². The number of aromatic nitrogens is 1. The quantitative estimate of drug-likeness (QED) is 0.891.